The smallest absolute Gasteiger partial charge is 0.230 e. The van der Waals surface area contributed by atoms with Gasteiger partial charge in [-0.2, -0.15) is 0 Å². The van der Waals surface area contributed by atoms with Crippen molar-refractivity contribution in [2.75, 3.05) is 25.4 Å². The third-order valence-electron chi connectivity index (χ3n) is 4.89. The standard InChI is InChI=1S/C21H25FN2O3S/c1-15(25)16-7-8-20(17(22)12-16)28-14-21(26)23-13-18(19-6-5-11-27-19)24-9-3-2-4-10-24/h5-8,11-12,18H,2-4,9-10,13-14H2,1H3,(H,23,26). The summed E-state index contributed by atoms with van der Waals surface area (Å²) in [5.41, 5.74) is 0.328. The number of amides is 1. The van der Waals surface area contributed by atoms with Crippen LogP contribution in [0.15, 0.2) is 45.9 Å². The van der Waals surface area contributed by atoms with Crippen LogP contribution in [0.4, 0.5) is 4.39 Å². The Hall–Kier alpha value is -2.12. The Labute approximate surface area is 168 Å². The van der Waals surface area contributed by atoms with Crippen molar-refractivity contribution in [3.63, 3.8) is 0 Å². The van der Waals surface area contributed by atoms with E-state index in [1.807, 2.05) is 12.1 Å². The van der Waals surface area contributed by atoms with Crippen LogP contribution in [0.1, 0.15) is 48.3 Å². The second-order valence-electron chi connectivity index (χ2n) is 6.92. The van der Waals surface area contributed by atoms with Crippen molar-refractivity contribution in [1.82, 2.24) is 10.2 Å². The Morgan fingerprint density at radius 2 is 2.04 bits per heavy atom. The van der Waals surface area contributed by atoms with Gasteiger partial charge in [0.1, 0.15) is 11.6 Å². The molecule has 1 amide bonds. The normalized spacial score (nSPS) is 15.9. The summed E-state index contributed by atoms with van der Waals surface area (Å²) in [7, 11) is 0. The molecule has 0 saturated carbocycles. The number of nitrogens with zero attached hydrogens (tertiary/aromatic N) is 1. The van der Waals surface area contributed by atoms with E-state index >= 15 is 0 Å². The van der Waals surface area contributed by atoms with Gasteiger partial charge in [-0.1, -0.05) is 12.5 Å². The van der Waals surface area contributed by atoms with Gasteiger partial charge in [0, 0.05) is 17.0 Å². The quantitative estimate of drug-likeness (QED) is 0.531. The van der Waals surface area contributed by atoms with Gasteiger partial charge in [-0.25, -0.2) is 4.39 Å². The van der Waals surface area contributed by atoms with Gasteiger partial charge in [0.05, 0.1) is 18.1 Å². The van der Waals surface area contributed by atoms with Crippen molar-refractivity contribution >= 4 is 23.5 Å². The van der Waals surface area contributed by atoms with E-state index in [1.54, 1.807) is 18.4 Å². The van der Waals surface area contributed by atoms with Gasteiger partial charge in [0.2, 0.25) is 5.91 Å². The summed E-state index contributed by atoms with van der Waals surface area (Å²) in [6.07, 6.45) is 5.18. The second kappa shape index (κ2) is 9.89. The number of rotatable bonds is 8. The van der Waals surface area contributed by atoms with Crippen LogP contribution in [-0.4, -0.2) is 42.0 Å². The second-order valence-corrected chi connectivity index (χ2v) is 7.94. The van der Waals surface area contributed by atoms with Gasteiger partial charge in [-0.3, -0.25) is 14.5 Å². The minimum absolute atomic E-state index is 0.0100. The van der Waals surface area contributed by atoms with E-state index in [9.17, 15) is 14.0 Å². The van der Waals surface area contributed by atoms with Crippen LogP contribution in [-0.2, 0) is 4.79 Å². The van der Waals surface area contributed by atoms with Gasteiger partial charge in [-0.05, 0) is 57.1 Å². The highest BCUT2D eigenvalue weighted by atomic mass is 32.2. The molecule has 1 unspecified atom stereocenters. The summed E-state index contributed by atoms with van der Waals surface area (Å²) in [6, 6.07) is 8.14. The molecule has 3 rings (SSSR count). The Bertz CT molecular complexity index is 804. The number of Topliss-reactive ketones (excluding diaryl/α,β-unsaturated/α-hetero) is 1. The van der Waals surface area contributed by atoms with E-state index in [2.05, 4.69) is 10.2 Å². The minimum atomic E-state index is -0.479. The highest BCUT2D eigenvalue weighted by Crippen LogP contribution is 2.25. The summed E-state index contributed by atoms with van der Waals surface area (Å²) in [5, 5.41) is 2.95. The first-order valence-corrected chi connectivity index (χ1v) is 10.5. The highest BCUT2D eigenvalue weighted by molar-refractivity contribution is 8.00. The molecule has 1 N–H and O–H groups in total. The van der Waals surface area contributed by atoms with E-state index < -0.39 is 5.82 Å². The number of halogens is 1. The van der Waals surface area contributed by atoms with Crippen molar-refractivity contribution in [3.8, 4) is 0 Å². The molecule has 1 aliphatic heterocycles. The molecule has 0 aliphatic carbocycles. The number of carbonyl (C=O) groups is 2. The first kappa shape index (κ1) is 20.6. The summed E-state index contributed by atoms with van der Waals surface area (Å²) < 4.78 is 19.7. The van der Waals surface area contributed by atoms with Gasteiger partial charge in [-0.15, -0.1) is 11.8 Å². The third-order valence-corrected chi connectivity index (χ3v) is 5.94. The fourth-order valence-corrected chi connectivity index (χ4v) is 4.11. The highest BCUT2D eigenvalue weighted by Gasteiger charge is 2.24. The van der Waals surface area contributed by atoms with Crippen molar-refractivity contribution in [3.05, 3.63) is 53.7 Å². The lowest BCUT2D eigenvalue weighted by Gasteiger charge is -2.33. The van der Waals surface area contributed by atoms with Crippen LogP contribution < -0.4 is 5.32 Å². The van der Waals surface area contributed by atoms with Crippen molar-refractivity contribution in [1.29, 1.82) is 0 Å². The zero-order valence-corrected chi connectivity index (χ0v) is 16.8. The van der Waals surface area contributed by atoms with Crippen LogP contribution in [0.3, 0.4) is 0 Å². The summed E-state index contributed by atoms with van der Waals surface area (Å²) in [6.45, 7) is 3.83. The molecule has 0 bridgehead atoms. The first-order chi connectivity index (χ1) is 13.5. The van der Waals surface area contributed by atoms with Gasteiger partial charge < -0.3 is 9.73 Å². The van der Waals surface area contributed by atoms with E-state index in [0.717, 1.165) is 43.5 Å². The maximum atomic E-state index is 14.1. The molecule has 1 aromatic heterocycles. The maximum absolute atomic E-state index is 14.1. The molecule has 150 valence electrons. The van der Waals surface area contributed by atoms with Gasteiger partial charge in [0.15, 0.2) is 5.78 Å². The SMILES string of the molecule is CC(=O)c1ccc(SCC(=O)NCC(c2ccco2)N2CCCCC2)c(F)c1. The lowest BCUT2D eigenvalue weighted by atomic mass is 10.1. The molecule has 2 heterocycles. The molecule has 28 heavy (non-hydrogen) atoms. The van der Waals surface area contributed by atoms with Gasteiger partial charge >= 0.3 is 0 Å². The van der Waals surface area contributed by atoms with E-state index in [0.29, 0.717) is 17.0 Å². The molecule has 0 radical (unpaired) electrons. The topological polar surface area (TPSA) is 62.6 Å². The number of likely N-dealkylation sites (tertiary alicyclic amines) is 1. The Morgan fingerprint density at radius 3 is 2.68 bits per heavy atom. The number of furan rings is 1. The first-order valence-electron chi connectivity index (χ1n) is 9.52. The summed E-state index contributed by atoms with van der Waals surface area (Å²) in [4.78, 5) is 26.3. The fraction of sp³-hybridized carbons (Fsp3) is 0.429. The number of carbonyl (C=O) groups excluding carboxylic acids is 2. The number of nitrogens with one attached hydrogen (secondary N) is 1. The molecular formula is C21H25FN2O3S. The third kappa shape index (κ3) is 5.45. The van der Waals surface area contributed by atoms with Crippen molar-refractivity contribution in [2.45, 2.75) is 37.1 Å². The zero-order chi connectivity index (χ0) is 19.9. The Morgan fingerprint density at radius 1 is 1.25 bits per heavy atom. The number of benzene rings is 1. The number of hydrogen-bond acceptors (Lipinski definition) is 5. The molecule has 2 aromatic rings. The van der Waals surface area contributed by atoms with E-state index in [1.165, 1.54) is 19.4 Å². The maximum Gasteiger partial charge on any atom is 0.230 e. The monoisotopic (exact) mass is 404 g/mol. The van der Waals surface area contributed by atoms with Crippen molar-refractivity contribution < 1.29 is 18.4 Å². The zero-order valence-electron chi connectivity index (χ0n) is 15.9. The molecule has 1 fully saturated rings. The van der Waals surface area contributed by atoms with Crippen LogP contribution in [0, 0.1) is 5.82 Å². The predicted octanol–water partition coefficient (Wildman–Crippen LogP) is 4.06. The Kier molecular flexibility index (Phi) is 7.28. The van der Waals surface area contributed by atoms with Crippen LogP contribution in [0.25, 0.3) is 0 Å². The fourth-order valence-electron chi connectivity index (χ4n) is 3.36. The van der Waals surface area contributed by atoms with Crippen LogP contribution in [0.5, 0.6) is 0 Å². The molecule has 5 nitrogen and oxygen atoms in total. The molecule has 1 aromatic carbocycles. The lowest BCUT2D eigenvalue weighted by Crippen LogP contribution is -2.40. The lowest BCUT2D eigenvalue weighted by molar-refractivity contribution is -0.118. The van der Waals surface area contributed by atoms with Crippen LogP contribution in [0.2, 0.25) is 0 Å². The average molecular weight is 405 g/mol. The van der Waals surface area contributed by atoms with Crippen LogP contribution >= 0.6 is 11.8 Å². The molecule has 1 atom stereocenters. The minimum Gasteiger partial charge on any atom is -0.468 e. The number of ketones is 1. The summed E-state index contributed by atoms with van der Waals surface area (Å²) in [5.74, 6) is 0.137. The number of piperidine rings is 1. The Balaban J connectivity index is 1.54. The van der Waals surface area contributed by atoms with E-state index in [4.69, 9.17) is 4.42 Å². The molecule has 1 saturated heterocycles. The molecule has 0 spiro atoms. The predicted molar refractivity (Wildman–Crippen MR) is 107 cm³/mol. The largest absolute Gasteiger partial charge is 0.468 e. The number of hydrogen-bond donors (Lipinski definition) is 1. The summed E-state index contributed by atoms with van der Waals surface area (Å²) >= 11 is 1.12. The molecule has 7 heteroatoms. The average Bonchev–Trinajstić information content (AvgIpc) is 3.22. The number of thioether (sulfide) groups is 1. The molecule has 1 aliphatic rings. The molecular weight excluding hydrogens is 379 g/mol. The van der Waals surface area contributed by atoms with E-state index in [-0.39, 0.29) is 23.5 Å². The van der Waals surface area contributed by atoms with Gasteiger partial charge in [0.25, 0.3) is 0 Å². The van der Waals surface area contributed by atoms with Crippen molar-refractivity contribution in [2.24, 2.45) is 0 Å².